The second-order valence-electron chi connectivity index (χ2n) is 4.76. The lowest BCUT2D eigenvalue weighted by Crippen LogP contribution is -2.30. The number of hydrogen-bond donors (Lipinski definition) is 1. The lowest BCUT2D eigenvalue weighted by molar-refractivity contribution is 0.199. The number of thiazole rings is 1. The molecule has 0 aliphatic rings. The number of rotatable bonds is 9. The van der Waals surface area contributed by atoms with Crippen molar-refractivity contribution in [1.82, 2.24) is 10.3 Å². The normalized spacial score (nSPS) is 11.3. The first kappa shape index (κ1) is 16.4. The summed E-state index contributed by atoms with van der Waals surface area (Å²) in [5, 5.41) is 4.51. The molecule has 0 aliphatic heterocycles. The third-order valence-corrected chi connectivity index (χ3v) is 4.69. The van der Waals surface area contributed by atoms with Crippen LogP contribution in [0.5, 0.6) is 0 Å². The summed E-state index contributed by atoms with van der Waals surface area (Å²) in [7, 11) is 3.88. The van der Waals surface area contributed by atoms with Gasteiger partial charge in [0, 0.05) is 38.2 Å². The summed E-state index contributed by atoms with van der Waals surface area (Å²) in [6, 6.07) is 0.583. The van der Waals surface area contributed by atoms with E-state index in [1.165, 1.54) is 4.88 Å². The topological polar surface area (TPSA) is 37.4 Å². The van der Waals surface area contributed by atoms with Crippen molar-refractivity contribution in [3.8, 4) is 0 Å². The molecule has 1 N–H and O–H groups in total. The van der Waals surface area contributed by atoms with E-state index >= 15 is 0 Å². The monoisotopic (exact) mass is 285 g/mol. The Morgan fingerprint density at radius 3 is 2.63 bits per heavy atom. The molecule has 1 aromatic rings. The van der Waals surface area contributed by atoms with E-state index in [1.54, 1.807) is 18.4 Å². The summed E-state index contributed by atoms with van der Waals surface area (Å²) in [6.07, 6.45) is 2.32. The van der Waals surface area contributed by atoms with Crippen LogP contribution >= 0.6 is 11.3 Å². The summed E-state index contributed by atoms with van der Waals surface area (Å²) >= 11 is 1.80. The van der Waals surface area contributed by atoms with Crippen molar-refractivity contribution < 1.29 is 4.74 Å². The van der Waals surface area contributed by atoms with Gasteiger partial charge in [0.1, 0.15) is 0 Å². The molecule has 0 radical (unpaired) electrons. The van der Waals surface area contributed by atoms with Gasteiger partial charge in [0.15, 0.2) is 5.13 Å². The van der Waals surface area contributed by atoms with Gasteiger partial charge in [-0.2, -0.15) is 0 Å². The quantitative estimate of drug-likeness (QED) is 0.708. The molecule has 0 spiro atoms. The van der Waals surface area contributed by atoms with Crippen molar-refractivity contribution in [1.29, 1.82) is 0 Å². The predicted octanol–water partition coefficient (Wildman–Crippen LogP) is 2.81. The van der Waals surface area contributed by atoms with Gasteiger partial charge in [-0.15, -0.1) is 11.3 Å². The van der Waals surface area contributed by atoms with Gasteiger partial charge in [0.25, 0.3) is 0 Å². The average Bonchev–Trinajstić information content (AvgIpc) is 2.77. The highest BCUT2D eigenvalue weighted by Gasteiger charge is 2.16. The molecular formula is C14H27N3OS. The van der Waals surface area contributed by atoms with Crippen LogP contribution in [0.4, 0.5) is 5.13 Å². The highest BCUT2D eigenvalue weighted by Crippen LogP contribution is 2.27. The fraction of sp³-hybridized carbons (Fsp3) is 0.786. The average molecular weight is 285 g/mol. The predicted molar refractivity (Wildman–Crippen MR) is 83.2 cm³/mol. The van der Waals surface area contributed by atoms with Crippen LogP contribution in [0.15, 0.2) is 0 Å². The lowest BCUT2D eigenvalue weighted by atomic mass is 10.1. The zero-order valence-electron chi connectivity index (χ0n) is 12.8. The fourth-order valence-electron chi connectivity index (χ4n) is 2.10. The van der Waals surface area contributed by atoms with E-state index in [0.29, 0.717) is 6.04 Å². The van der Waals surface area contributed by atoms with Gasteiger partial charge < -0.3 is 15.0 Å². The molecule has 0 aromatic carbocycles. The van der Waals surface area contributed by atoms with Crippen molar-refractivity contribution in [2.24, 2.45) is 0 Å². The highest BCUT2D eigenvalue weighted by molar-refractivity contribution is 7.15. The third-order valence-electron chi connectivity index (χ3n) is 3.44. The second kappa shape index (κ2) is 8.51. The zero-order chi connectivity index (χ0) is 14.3. The molecule has 0 saturated heterocycles. The van der Waals surface area contributed by atoms with Gasteiger partial charge in [-0.25, -0.2) is 4.98 Å². The van der Waals surface area contributed by atoms with Crippen LogP contribution in [0.3, 0.4) is 0 Å². The molecule has 1 aromatic heterocycles. The number of anilines is 1. The van der Waals surface area contributed by atoms with Gasteiger partial charge in [0.05, 0.1) is 12.3 Å². The molecule has 5 heteroatoms. The largest absolute Gasteiger partial charge is 0.383 e. The molecule has 0 unspecified atom stereocenters. The Morgan fingerprint density at radius 2 is 2.05 bits per heavy atom. The van der Waals surface area contributed by atoms with E-state index in [2.05, 4.69) is 38.0 Å². The van der Waals surface area contributed by atoms with E-state index < -0.39 is 0 Å². The molecule has 0 amide bonds. The summed E-state index contributed by atoms with van der Waals surface area (Å²) in [6.45, 7) is 9.07. The van der Waals surface area contributed by atoms with E-state index in [-0.39, 0.29) is 0 Å². The minimum Gasteiger partial charge on any atom is -0.383 e. The Bertz CT molecular complexity index is 364. The molecule has 0 bridgehead atoms. The highest BCUT2D eigenvalue weighted by atomic mass is 32.1. The Morgan fingerprint density at radius 1 is 1.37 bits per heavy atom. The number of hydrogen-bond acceptors (Lipinski definition) is 5. The van der Waals surface area contributed by atoms with Gasteiger partial charge >= 0.3 is 0 Å². The van der Waals surface area contributed by atoms with Gasteiger partial charge in [-0.3, -0.25) is 0 Å². The smallest absolute Gasteiger partial charge is 0.185 e. The van der Waals surface area contributed by atoms with Gasteiger partial charge in [-0.1, -0.05) is 13.8 Å². The summed E-state index contributed by atoms with van der Waals surface area (Å²) in [4.78, 5) is 8.34. The first-order chi connectivity index (χ1) is 9.13. The number of nitrogens with one attached hydrogen (secondary N) is 1. The van der Waals surface area contributed by atoms with Crippen LogP contribution in [0, 0.1) is 6.92 Å². The van der Waals surface area contributed by atoms with Crippen LogP contribution in [0.2, 0.25) is 0 Å². The molecule has 1 heterocycles. The summed E-state index contributed by atoms with van der Waals surface area (Å²) < 4.78 is 5.03. The van der Waals surface area contributed by atoms with Crippen molar-refractivity contribution >= 4 is 16.5 Å². The molecule has 1 rings (SSSR count). The Kier molecular flexibility index (Phi) is 7.34. The van der Waals surface area contributed by atoms with Crippen LogP contribution < -0.4 is 10.2 Å². The second-order valence-corrected chi connectivity index (χ2v) is 5.82. The summed E-state index contributed by atoms with van der Waals surface area (Å²) in [5.41, 5.74) is 1.14. The Hall–Kier alpha value is -0.650. The fourth-order valence-corrected chi connectivity index (χ4v) is 3.16. The maximum absolute atomic E-state index is 5.03. The number of aromatic nitrogens is 1. The van der Waals surface area contributed by atoms with Gasteiger partial charge in [0.2, 0.25) is 0 Å². The van der Waals surface area contributed by atoms with Gasteiger partial charge in [-0.05, 0) is 19.8 Å². The first-order valence-electron chi connectivity index (χ1n) is 7.02. The minimum absolute atomic E-state index is 0.583. The standard InChI is InChI=1S/C14H27N3OS/c1-6-12(7-2)17(4)14-16-11(3)13(19-14)10-15-8-9-18-5/h12,15H,6-10H2,1-5H3. The molecule has 19 heavy (non-hydrogen) atoms. The van der Waals surface area contributed by atoms with Crippen LogP contribution in [0.25, 0.3) is 0 Å². The van der Waals surface area contributed by atoms with E-state index in [4.69, 9.17) is 9.72 Å². The van der Waals surface area contributed by atoms with Crippen molar-refractivity contribution in [3.05, 3.63) is 10.6 Å². The SMILES string of the molecule is CCC(CC)N(C)c1nc(C)c(CNCCOC)s1. The van der Waals surface area contributed by atoms with E-state index in [9.17, 15) is 0 Å². The molecule has 0 atom stereocenters. The summed E-state index contributed by atoms with van der Waals surface area (Å²) in [5.74, 6) is 0. The molecule has 4 nitrogen and oxygen atoms in total. The maximum Gasteiger partial charge on any atom is 0.185 e. The first-order valence-corrected chi connectivity index (χ1v) is 7.84. The lowest BCUT2D eigenvalue weighted by Gasteiger charge is -2.25. The third kappa shape index (κ3) is 4.75. The number of aryl methyl sites for hydroxylation is 1. The minimum atomic E-state index is 0.583. The van der Waals surface area contributed by atoms with Crippen LogP contribution in [0.1, 0.15) is 37.3 Å². The van der Waals surface area contributed by atoms with Crippen molar-refractivity contribution in [2.45, 2.75) is 46.2 Å². The Balaban J connectivity index is 2.62. The molecule has 0 saturated carbocycles. The van der Waals surface area contributed by atoms with Crippen LogP contribution in [-0.4, -0.2) is 38.3 Å². The number of nitrogens with zero attached hydrogens (tertiary/aromatic N) is 2. The molecule has 0 fully saturated rings. The molecule has 110 valence electrons. The van der Waals surface area contributed by atoms with Crippen molar-refractivity contribution in [3.63, 3.8) is 0 Å². The van der Waals surface area contributed by atoms with Crippen LogP contribution in [-0.2, 0) is 11.3 Å². The number of methoxy groups -OCH3 is 1. The van der Waals surface area contributed by atoms with Crippen molar-refractivity contribution in [2.75, 3.05) is 32.2 Å². The van der Waals surface area contributed by atoms with E-state index in [1.807, 2.05) is 0 Å². The van der Waals surface area contributed by atoms with E-state index in [0.717, 1.165) is 43.4 Å². The molecular weight excluding hydrogens is 258 g/mol. The number of ether oxygens (including phenoxy) is 1. The zero-order valence-corrected chi connectivity index (χ0v) is 13.6. The maximum atomic E-state index is 5.03. The molecule has 0 aliphatic carbocycles. The Labute approximate surface area is 121 Å².